The molecule has 5 fully saturated rings. The Morgan fingerprint density at radius 2 is 1.45 bits per heavy atom. The summed E-state index contributed by atoms with van der Waals surface area (Å²) in [4.78, 5) is 0. The van der Waals surface area contributed by atoms with Crippen LogP contribution in [0.15, 0.2) is 30.3 Å². The molecule has 0 heterocycles. The molecule has 0 aliphatic heterocycles. The Bertz CT molecular complexity index is 530. The van der Waals surface area contributed by atoms with E-state index < -0.39 is 0 Å². The van der Waals surface area contributed by atoms with E-state index in [1.807, 2.05) is 0 Å². The third-order valence-electron chi connectivity index (χ3n) is 7.52. The summed E-state index contributed by atoms with van der Waals surface area (Å²) in [7, 11) is 0. The quantitative estimate of drug-likeness (QED) is 0.840. The van der Waals surface area contributed by atoms with Gasteiger partial charge in [0.05, 0.1) is 0 Å². The number of nitrogens with one attached hydrogen (secondary N) is 1. The second-order valence-corrected chi connectivity index (χ2v) is 8.68. The highest BCUT2D eigenvalue weighted by molar-refractivity contribution is 5.45. The number of hydrogen-bond donors (Lipinski definition) is 1. The van der Waals surface area contributed by atoms with Crippen molar-refractivity contribution in [2.45, 2.75) is 81.2 Å². The molecule has 22 heavy (non-hydrogen) atoms. The molecule has 1 aromatic rings. The smallest absolute Gasteiger partial charge is 0.0240 e. The van der Waals surface area contributed by atoms with Gasteiger partial charge in [-0.1, -0.05) is 68.9 Å². The van der Waals surface area contributed by atoms with Gasteiger partial charge in [-0.25, -0.2) is 0 Å². The maximum atomic E-state index is 4.18. The lowest BCUT2D eigenvalue weighted by atomic mass is 9.29. The summed E-state index contributed by atoms with van der Waals surface area (Å²) >= 11 is 0. The van der Waals surface area contributed by atoms with Gasteiger partial charge in [-0.3, -0.25) is 0 Å². The van der Waals surface area contributed by atoms with E-state index in [-0.39, 0.29) is 0 Å². The van der Waals surface area contributed by atoms with Crippen molar-refractivity contribution in [3.63, 3.8) is 0 Å². The topological polar surface area (TPSA) is 12.0 Å². The zero-order chi connectivity index (χ0) is 14.6. The van der Waals surface area contributed by atoms with E-state index >= 15 is 0 Å². The maximum absolute atomic E-state index is 4.18. The van der Waals surface area contributed by atoms with E-state index in [1.54, 1.807) is 5.56 Å². The minimum Gasteiger partial charge on any atom is -0.308 e. The van der Waals surface area contributed by atoms with Crippen LogP contribution in [0.4, 0.5) is 0 Å². The Kier molecular flexibility index (Phi) is 2.99. The minimum atomic E-state index is 0.528. The number of rotatable bonds is 4. The molecule has 5 aliphatic rings. The second-order valence-electron chi connectivity index (χ2n) is 8.68. The van der Waals surface area contributed by atoms with Crippen LogP contribution in [0.2, 0.25) is 0 Å². The van der Waals surface area contributed by atoms with Gasteiger partial charge in [-0.2, -0.15) is 0 Å². The summed E-state index contributed by atoms with van der Waals surface area (Å²) in [5.41, 5.74) is 2.71. The van der Waals surface area contributed by atoms with Crippen LogP contribution in [-0.4, -0.2) is 11.6 Å². The van der Waals surface area contributed by atoms with Gasteiger partial charge in [0.1, 0.15) is 0 Å². The van der Waals surface area contributed by atoms with Gasteiger partial charge in [0.25, 0.3) is 0 Å². The van der Waals surface area contributed by atoms with E-state index in [9.17, 15) is 0 Å². The van der Waals surface area contributed by atoms with E-state index in [4.69, 9.17) is 0 Å². The van der Waals surface area contributed by atoms with Crippen LogP contribution in [0.5, 0.6) is 0 Å². The average molecular weight is 295 g/mol. The fourth-order valence-electron chi connectivity index (χ4n) is 6.80. The first-order valence-corrected chi connectivity index (χ1v) is 9.66. The average Bonchev–Trinajstić information content (AvgIpc) is 3.16. The highest BCUT2D eigenvalue weighted by atomic mass is 15.1. The molecule has 2 bridgehead atoms. The lowest BCUT2D eigenvalue weighted by Crippen LogP contribution is -2.85. The van der Waals surface area contributed by atoms with Crippen molar-refractivity contribution in [3.8, 4) is 0 Å². The molecule has 0 aromatic heterocycles. The first kappa shape index (κ1) is 13.6. The molecule has 1 aromatic carbocycles. The fraction of sp³-hybridized carbons (Fsp3) is 0.714. The van der Waals surface area contributed by atoms with Gasteiger partial charge in [-0.15, -0.1) is 0 Å². The van der Waals surface area contributed by atoms with Crippen molar-refractivity contribution in [1.82, 2.24) is 5.32 Å². The Labute approximate surface area is 134 Å². The first-order chi connectivity index (χ1) is 10.8. The summed E-state index contributed by atoms with van der Waals surface area (Å²) in [5, 5.41) is 4.18. The van der Waals surface area contributed by atoms with Gasteiger partial charge in [0.15, 0.2) is 0 Å². The zero-order valence-electron chi connectivity index (χ0n) is 13.7. The largest absolute Gasteiger partial charge is 0.308 e. The fourth-order valence-corrected chi connectivity index (χ4v) is 6.80. The monoisotopic (exact) mass is 295 g/mol. The van der Waals surface area contributed by atoms with Crippen molar-refractivity contribution < 1.29 is 0 Å². The summed E-state index contributed by atoms with van der Waals surface area (Å²) in [6.45, 7) is 0. The normalized spacial score (nSPS) is 41.4. The highest BCUT2D eigenvalue weighted by Gasteiger charge is 2.77. The molecule has 6 rings (SSSR count). The molecule has 1 heteroatoms. The summed E-state index contributed by atoms with van der Waals surface area (Å²) in [6, 6.07) is 12.3. The van der Waals surface area contributed by atoms with Crippen molar-refractivity contribution >= 4 is 0 Å². The molecular formula is C21H29N. The standard InChI is InChI=1S/C21H29N/c1-2-10-17(11-3-1)20-14-21(15-20,22-18-12-6-7-13-18)19(20)16-8-4-5-9-16/h1-3,10-11,16,18-19,22H,4-9,12-15H2/t19-,20?,21?/m0/s1. The molecule has 118 valence electrons. The predicted molar refractivity (Wildman–Crippen MR) is 90.9 cm³/mol. The molecule has 0 spiro atoms. The van der Waals surface area contributed by atoms with Crippen LogP contribution in [0.25, 0.3) is 0 Å². The maximum Gasteiger partial charge on any atom is 0.0240 e. The molecule has 1 nitrogen and oxygen atoms in total. The molecule has 1 N–H and O–H groups in total. The van der Waals surface area contributed by atoms with Gasteiger partial charge in [0.2, 0.25) is 0 Å². The molecule has 0 saturated heterocycles. The second kappa shape index (κ2) is 4.84. The molecule has 0 radical (unpaired) electrons. The van der Waals surface area contributed by atoms with Crippen molar-refractivity contribution in [3.05, 3.63) is 35.9 Å². The molecule has 5 aliphatic carbocycles. The number of hydrogen-bond acceptors (Lipinski definition) is 1. The van der Waals surface area contributed by atoms with Crippen LogP contribution < -0.4 is 5.32 Å². The van der Waals surface area contributed by atoms with E-state index in [0.29, 0.717) is 11.0 Å². The number of benzene rings is 1. The lowest BCUT2D eigenvalue weighted by Gasteiger charge is -2.79. The van der Waals surface area contributed by atoms with Crippen LogP contribution >= 0.6 is 0 Å². The molecule has 0 unspecified atom stereocenters. The van der Waals surface area contributed by atoms with Crippen LogP contribution in [0.1, 0.15) is 69.8 Å². The van der Waals surface area contributed by atoms with Gasteiger partial charge >= 0.3 is 0 Å². The van der Waals surface area contributed by atoms with Gasteiger partial charge in [-0.05, 0) is 43.1 Å². The molecule has 5 saturated carbocycles. The Morgan fingerprint density at radius 1 is 0.818 bits per heavy atom. The highest BCUT2D eigenvalue weighted by Crippen LogP contribution is 2.75. The van der Waals surface area contributed by atoms with Crippen LogP contribution in [-0.2, 0) is 5.41 Å². The Balaban J connectivity index is 1.42. The molecular weight excluding hydrogens is 266 g/mol. The first-order valence-electron chi connectivity index (χ1n) is 9.66. The van der Waals surface area contributed by atoms with Crippen LogP contribution in [0.3, 0.4) is 0 Å². The van der Waals surface area contributed by atoms with Gasteiger partial charge in [0, 0.05) is 17.0 Å². The van der Waals surface area contributed by atoms with Crippen molar-refractivity contribution in [2.75, 3.05) is 0 Å². The van der Waals surface area contributed by atoms with E-state index in [1.165, 1.54) is 64.2 Å². The lowest BCUT2D eigenvalue weighted by molar-refractivity contribution is -0.199. The SMILES string of the molecule is c1ccc(C23CC(NC4CCCC4)(C2)[C@H]3C2CCCC2)cc1. The summed E-state index contributed by atoms with van der Waals surface area (Å²) in [5.74, 6) is 1.93. The van der Waals surface area contributed by atoms with Gasteiger partial charge < -0.3 is 5.32 Å². The van der Waals surface area contributed by atoms with E-state index in [0.717, 1.165) is 17.9 Å². The van der Waals surface area contributed by atoms with Crippen LogP contribution in [0, 0.1) is 11.8 Å². The third kappa shape index (κ3) is 1.75. The zero-order valence-corrected chi connectivity index (χ0v) is 13.7. The predicted octanol–water partition coefficient (Wildman–Crippen LogP) is 4.81. The van der Waals surface area contributed by atoms with Crippen molar-refractivity contribution in [1.29, 1.82) is 0 Å². The summed E-state index contributed by atoms with van der Waals surface area (Å²) in [6.07, 6.45) is 14.5. The molecule has 0 amide bonds. The minimum absolute atomic E-state index is 0.528. The Hall–Kier alpha value is -0.820. The summed E-state index contributed by atoms with van der Waals surface area (Å²) < 4.78 is 0. The third-order valence-corrected chi connectivity index (χ3v) is 7.52. The van der Waals surface area contributed by atoms with Crippen molar-refractivity contribution in [2.24, 2.45) is 11.8 Å². The van der Waals surface area contributed by atoms with E-state index in [2.05, 4.69) is 35.6 Å². The molecule has 1 atom stereocenters. The Morgan fingerprint density at radius 3 is 2.14 bits per heavy atom.